The third-order valence-electron chi connectivity index (χ3n) is 5.76. The Morgan fingerprint density at radius 1 is 1.17 bits per heavy atom. The maximum atomic E-state index is 11.4. The molecular formula is C21H30N6O2. The van der Waals surface area contributed by atoms with Gasteiger partial charge in [0.15, 0.2) is 0 Å². The lowest BCUT2D eigenvalue weighted by atomic mass is 9.82. The first-order valence-electron chi connectivity index (χ1n) is 10.3. The van der Waals surface area contributed by atoms with Crippen molar-refractivity contribution < 1.29 is 4.92 Å². The molecule has 0 radical (unpaired) electrons. The zero-order valence-corrected chi connectivity index (χ0v) is 16.9. The molecule has 0 bridgehead atoms. The molecule has 8 heteroatoms. The predicted molar refractivity (Wildman–Crippen MR) is 115 cm³/mol. The normalized spacial score (nSPS) is 19.0. The lowest BCUT2D eigenvalue weighted by Gasteiger charge is -2.27. The summed E-state index contributed by atoms with van der Waals surface area (Å²) in [6.07, 6.45) is 6.54. The molecule has 0 unspecified atom stereocenters. The number of aryl methyl sites for hydroxylation is 1. The van der Waals surface area contributed by atoms with Crippen molar-refractivity contribution in [1.29, 1.82) is 0 Å². The van der Waals surface area contributed by atoms with Crippen molar-refractivity contribution >= 4 is 17.5 Å². The van der Waals surface area contributed by atoms with Crippen LogP contribution in [0.1, 0.15) is 36.8 Å². The molecule has 1 fully saturated rings. The van der Waals surface area contributed by atoms with Gasteiger partial charge in [-0.1, -0.05) is 24.3 Å². The largest absolute Gasteiger partial charge is 0.364 e. The lowest BCUT2D eigenvalue weighted by molar-refractivity contribution is -0.384. The van der Waals surface area contributed by atoms with E-state index in [1.54, 1.807) is 0 Å². The van der Waals surface area contributed by atoms with E-state index >= 15 is 0 Å². The van der Waals surface area contributed by atoms with E-state index in [0.717, 1.165) is 38.6 Å². The maximum absolute atomic E-state index is 11.4. The molecule has 3 rings (SSSR count). The zero-order chi connectivity index (χ0) is 20.6. The fourth-order valence-corrected chi connectivity index (χ4v) is 3.84. The third-order valence-corrected chi connectivity index (χ3v) is 5.76. The molecule has 0 amide bonds. The van der Waals surface area contributed by atoms with Crippen LogP contribution in [0, 0.1) is 28.9 Å². The maximum Gasteiger partial charge on any atom is 0.329 e. The highest BCUT2D eigenvalue weighted by Gasteiger charge is 2.22. The van der Waals surface area contributed by atoms with Crippen LogP contribution >= 0.6 is 0 Å². The molecule has 1 aliphatic carbocycles. The van der Waals surface area contributed by atoms with E-state index in [1.807, 2.05) is 12.1 Å². The number of hydrogen-bond donors (Lipinski definition) is 3. The Bertz CT molecular complexity index is 821. The summed E-state index contributed by atoms with van der Waals surface area (Å²) < 4.78 is 0. The van der Waals surface area contributed by atoms with E-state index in [4.69, 9.17) is 5.73 Å². The first-order valence-corrected chi connectivity index (χ1v) is 10.3. The molecule has 1 aliphatic rings. The van der Waals surface area contributed by atoms with Crippen LogP contribution in [0.4, 0.5) is 17.5 Å². The van der Waals surface area contributed by atoms with Gasteiger partial charge in [0.1, 0.15) is 6.20 Å². The molecule has 1 heterocycles. The number of anilines is 2. The second-order valence-corrected chi connectivity index (χ2v) is 7.79. The highest BCUT2D eigenvalue weighted by molar-refractivity contribution is 5.57. The van der Waals surface area contributed by atoms with Crippen molar-refractivity contribution in [3.8, 4) is 0 Å². The van der Waals surface area contributed by atoms with Gasteiger partial charge in [-0.15, -0.1) is 0 Å². The summed E-state index contributed by atoms with van der Waals surface area (Å²) in [6, 6.07) is 8.22. The number of rotatable bonds is 9. The van der Waals surface area contributed by atoms with Crippen molar-refractivity contribution in [2.24, 2.45) is 17.6 Å². The van der Waals surface area contributed by atoms with Gasteiger partial charge in [0.25, 0.3) is 0 Å². The quantitative estimate of drug-likeness (QED) is 0.437. The van der Waals surface area contributed by atoms with Crippen LogP contribution in [-0.2, 0) is 6.42 Å². The first-order chi connectivity index (χ1) is 14.1. The minimum atomic E-state index is -0.440. The second kappa shape index (κ2) is 10.2. The van der Waals surface area contributed by atoms with Crippen molar-refractivity contribution in [3.05, 3.63) is 51.7 Å². The molecule has 0 atom stereocenters. The topological polar surface area (TPSA) is 119 Å². The molecule has 2 aromatic rings. The number of nitrogens with one attached hydrogen (secondary N) is 2. The zero-order valence-electron chi connectivity index (χ0n) is 16.9. The van der Waals surface area contributed by atoms with E-state index < -0.39 is 4.92 Å². The Morgan fingerprint density at radius 2 is 1.90 bits per heavy atom. The SMILES string of the molecule is Cc1ccccc1CCNc1ncc([N+](=O)[O-])c(NCC2CCC(CN)CC2)n1. The summed E-state index contributed by atoms with van der Waals surface area (Å²) in [7, 11) is 0. The summed E-state index contributed by atoms with van der Waals surface area (Å²) >= 11 is 0. The van der Waals surface area contributed by atoms with Crippen molar-refractivity contribution in [3.63, 3.8) is 0 Å². The second-order valence-electron chi connectivity index (χ2n) is 7.79. The molecule has 0 saturated heterocycles. The molecule has 1 aromatic carbocycles. The highest BCUT2D eigenvalue weighted by atomic mass is 16.6. The van der Waals surface area contributed by atoms with E-state index in [9.17, 15) is 10.1 Å². The van der Waals surface area contributed by atoms with Gasteiger partial charge in [0.05, 0.1) is 4.92 Å². The van der Waals surface area contributed by atoms with Gasteiger partial charge >= 0.3 is 5.69 Å². The molecule has 0 spiro atoms. The van der Waals surface area contributed by atoms with Gasteiger partial charge in [-0.3, -0.25) is 10.1 Å². The van der Waals surface area contributed by atoms with Gasteiger partial charge in [-0.05, 0) is 68.5 Å². The van der Waals surface area contributed by atoms with Crippen LogP contribution in [-0.4, -0.2) is 34.5 Å². The van der Waals surface area contributed by atoms with E-state index in [1.165, 1.54) is 17.3 Å². The lowest BCUT2D eigenvalue weighted by Crippen LogP contribution is -2.25. The monoisotopic (exact) mass is 398 g/mol. The standard InChI is InChI=1S/C21H30N6O2/c1-15-4-2-3-5-18(15)10-11-23-21-25-14-19(27(28)29)20(26-21)24-13-17-8-6-16(12-22)7-9-17/h2-5,14,16-17H,6-13,22H2,1H3,(H2,23,24,25,26). The molecule has 29 heavy (non-hydrogen) atoms. The van der Waals surface area contributed by atoms with Gasteiger partial charge in [0, 0.05) is 13.1 Å². The van der Waals surface area contributed by atoms with Gasteiger partial charge < -0.3 is 16.4 Å². The number of hydrogen-bond acceptors (Lipinski definition) is 7. The molecular weight excluding hydrogens is 368 g/mol. The number of nitro groups is 1. The van der Waals surface area contributed by atoms with Crippen molar-refractivity contribution in [1.82, 2.24) is 9.97 Å². The van der Waals surface area contributed by atoms with Crippen LogP contribution in [0.3, 0.4) is 0 Å². The molecule has 8 nitrogen and oxygen atoms in total. The smallest absolute Gasteiger partial charge is 0.329 e. The summed E-state index contributed by atoms with van der Waals surface area (Å²) in [5, 5.41) is 17.7. The fourth-order valence-electron chi connectivity index (χ4n) is 3.84. The molecule has 1 aromatic heterocycles. The predicted octanol–water partition coefficient (Wildman–Crippen LogP) is 3.52. The molecule has 4 N–H and O–H groups in total. The first kappa shape index (κ1) is 21.0. The number of benzene rings is 1. The van der Waals surface area contributed by atoms with E-state index in [-0.39, 0.29) is 11.5 Å². The summed E-state index contributed by atoms with van der Waals surface area (Å²) in [5.74, 6) is 1.79. The summed E-state index contributed by atoms with van der Waals surface area (Å²) in [4.78, 5) is 19.4. The Balaban J connectivity index is 1.58. The highest BCUT2D eigenvalue weighted by Crippen LogP contribution is 2.29. The number of nitrogens with zero attached hydrogens (tertiary/aromatic N) is 3. The van der Waals surface area contributed by atoms with Crippen molar-refractivity contribution in [2.45, 2.75) is 39.0 Å². The Hall–Kier alpha value is -2.74. The molecule has 1 saturated carbocycles. The Morgan fingerprint density at radius 3 is 2.59 bits per heavy atom. The average molecular weight is 399 g/mol. The van der Waals surface area contributed by atoms with Crippen LogP contribution in [0.2, 0.25) is 0 Å². The van der Waals surface area contributed by atoms with Gasteiger partial charge in [-0.2, -0.15) is 4.98 Å². The molecule has 0 aliphatic heterocycles. The van der Waals surface area contributed by atoms with E-state index in [0.29, 0.717) is 30.9 Å². The van der Waals surface area contributed by atoms with Gasteiger partial charge in [0.2, 0.25) is 11.8 Å². The molecule has 156 valence electrons. The third kappa shape index (κ3) is 5.87. The number of aromatic nitrogens is 2. The van der Waals surface area contributed by atoms with E-state index in [2.05, 4.69) is 39.7 Å². The average Bonchev–Trinajstić information content (AvgIpc) is 2.74. The minimum Gasteiger partial charge on any atom is -0.364 e. The summed E-state index contributed by atoms with van der Waals surface area (Å²) in [5.41, 5.74) is 8.16. The van der Waals surface area contributed by atoms with Crippen LogP contribution in [0.25, 0.3) is 0 Å². The number of nitrogens with two attached hydrogens (primary N) is 1. The minimum absolute atomic E-state index is 0.0925. The van der Waals surface area contributed by atoms with Crippen LogP contribution in [0.15, 0.2) is 30.5 Å². The fraction of sp³-hybridized carbons (Fsp3) is 0.524. The Labute approximate surface area is 171 Å². The van der Waals surface area contributed by atoms with Crippen molar-refractivity contribution in [2.75, 3.05) is 30.3 Å². The Kier molecular flexibility index (Phi) is 7.35. The van der Waals surface area contributed by atoms with Gasteiger partial charge in [-0.25, -0.2) is 4.98 Å². The van der Waals surface area contributed by atoms with Crippen LogP contribution in [0.5, 0.6) is 0 Å². The van der Waals surface area contributed by atoms with Crippen LogP contribution < -0.4 is 16.4 Å². The summed E-state index contributed by atoms with van der Waals surface area (Å²) in [6.45, 7) is 4.17.